The molecule has 1 amide bonds. The molecule has 0 aliphatic carbocycles. The number of nitrogens with two attached hydrogens (primary N) is 1. The van der Waals surface area contributed by atoms with Gasteiger partial charge in [0.1, 0.15) is 5.75 Å². The lowest BCUT2D eigenvalue weighted by atomic mass is 10.2. The third-order valence-corrected chi connectivity index (χ3v) is 3.87. The Balaban J connectivity index is 0.00000420. The molecule has 29 heavy (non-hydrogen) atoms. The molecule has 0 aromatic heterocycles. The Morgan fingerprint density at radius 1 is 1.00 bits per heavy atom. The van der Waals surface area contributed by atoms with Crippen molar-refractivity contribution in [3.05, 3.63) is 53.6 Å². The summed E-state index contributed by atoms with van der Waals surface area (Å²) in [7, 11) is 4.92. The van der Waals surface area contributed by atoms with Crippen LogP contribution in [-0.2, 0) is 17.9 Å². The van der Waals surface area contributed by atoms with Gasteiger partial charge >= 0.3 is 0 Å². The zero-order valence-corrected chi connectivity index (χ0v) is 19.1. The summed E-state index contributed by atoms with van der Waals surface area (Å²) in [6, 6.07) is 13.2. The first-order chi connectivity index (χ1) is 13.5. The third kappa shape index (κ3) is 8.06. The van der Waals surface area contributed by atoms with E-state index < -0.39 is 5.91 Å². The van der Waals surface area contributed by atoms with Crippen LogP contribution in [0.4, 0.5) is 0 Å². The largest absolute Gasteiger partial charge is 0.493 e. The lowest BCUT2D eigenvalue weighted by Gasteiger charge is -2.14. The highest BCUT2D eigenvalue weighted by Crippen LogP contribution is 2.27. The minimum atomic E-state index is -0.511. The van der Waals surface area contributed by atoms with Crippen LogP contribution >= 0.6 is 24.0 Å². The van der Waals surface area contributed by atoms with E-state index in [-0.39, 0.29) is 30.6 Å². The average molecular weight is 514 g/mol. The number of primary amides is 1. The summed E-state index contributed by atoms with van der Waals surface area (Å²) in [6.45, 7) is 0.965. The number of rotatable bonds is 9. The molecule has 2 aromatic rings. The lowest BCUT2D eigenvalue weighted by Crippen LogP contribution is -2.36. The number of amides is 1. The minimum Gasteiger partial charge on any atom is -0.493 e. The van der Waals surface area contributed by atoms with Crippen molar-refractivity contribution in [1.82, 2.24) is 10.6 Å². The Kier molecular flexibility index (Phi) is 10.7. The molecule has 0 saturated carbocycles. The maximum Gasteiger partial charge on any atom is 0.255 e. The lowest BCUT2D eigenvalue weighted by molar-refractivity contribution is -0.119. The number of aliphatic imine (C=N–C) groups is 1. The van der Waals surface area contributed by atoms with Crippen LogP contribution in [0.1, 0.15) is 11.1 Å². The summed E-state index contributed by atoms with van der Waals surface area (Å²) in [5.74, 6) is 2.10. The molecule has 2 aromatic carbocycles. The number of hydrogen-bond donors (Lipinski definition) is 3. The van der Waals surface area contributed by atoms with E-state index >= 15 is 0 Å². The summed E-state index contributed by atoms with van der Waals surface area (Å²) < 4.78 is 15.9. The first kappa shape index (κ1) is 24.3. The summed E-state index contributed by atoms with van der Waals surface area (Å²) in [6.07, 6.45) is 0. The number of methoxy groups -OCH3 is 2. The van der Waals surface area contributed by atoms with Gasteiger partial charge < -0.3 is 30.6 Å². The number of nitrogens with one attached hydrogen (secondary N) is 2. The van der Waals surface area contributed by atoms with Crippen molar-refractivity contribution in [2.45, 2.75) is 13.1 Å². The summed E-state index contributed by atoms with van der Waals surface area (Å²) in [4.78, 5) is 15.0. The van der Waals surface area contributed by atoms with Crippen molar-refractivity contribution in [3.63, 3.8) is 0 Å². The average Bonchev–Trinajstić information content (AvgIpc) is 2.72. The predicted molar refractivity (Wildman–Crippen MR) is 123 cm³/mol. The maximum atomic E-state index is 10.8. The van der Waals surface area contributed by atoms with Crippen molar-refractivity contribution in [2.75, 3.05) is 27.9 Å². The minimum absolute atomic E-state index is 0. The van der Waals surface area contributed by atoms with Crippen LogP contribution < -0.4 is 30.6 Å². The van der Waals surface area contributed by atoms with Crippen LogP contribution in [0.3, 0.4) is 0 Å². The number of nitrogens with zero attached hydrogens (tertiary/aromatic N) is 1. The van der Waals surface area contributed by atoms with Crippen LogP contribution in [0.15, 0.2) is 47.5 Å². The number of hydrogen-bond acceptors (Lipinski definition) is 5. The SMILES string of the molecule is CN=C(NCc1cccc(OCC(N)=O)c1)NCc1ccc(OC)c(OC)c1.I. The summed E-state index contributed by atoms with van der Waals surface area (Å²) in [5, 5.41) is 6.48. The second-order valence-electron chi connectivity index (χ2n) is 5.87. The van der Waals surface area contributed by atoms with Crippen LogP contribution in [0.25, 0.3) is 0 Å². The van der Waals surface area contributed by atoms with Gasteiger partial charge in [-0.3, -0.25) is 9.79 Å². The Hall–Kier alpha value is -2.69. The first-order valence-electron chi connectivity index (χ1n) is 8.71. The monoisotopic (exact) mass is 514 g/mol. The van der Waals surface area contributed by atoms with Gasteiger partial charge in [0, 0.05) is 20.1 Å². The van der Waals surface area contributed by atoms with E-state index in [2.05, 4.69) is 15.6 Å². The Labute approximate surface area is 187 Å². The second kappa shape index (κ2) is 12.7. The normalized spacial score (nSPS) is 10.5. The van der Waals surface area contributed by atoms with Crippen molar-refractivity contribution in [3.8, 4) is 17.2 Å². The van der Waals surface area contributed by atoms with Gasteiger partial charge in [-0.05, 0) is 35.4 Å². The molecule has 9 heteroatoms. The molecular formula is C20H27IN4O4. The molecule has 0 aliphatic rings. The number of carbonyl (C=O) groups excluding carboxylic acids is 1. The number of benzene rings is 2. The van der Waals surface area contributed by atoms with Crippen LogP contribution in [0.2, 0.25) is 0 Å². The molecule has 0 fully saturated rings. The fraction of sp³-hybridized carbons (Fsp3) is 0.300. The molecule has 0 atom stereocenters. The smallest absolute Gasteiger partial charge is 0.255 e. The van der Waals surface area contributed by atoms with Gasteiger partial charge in [0.25, 0.3) is 5.91 Å². The number of carbonyl (C=O) groups is 1. The second-order valence-corrected chi connectivity index (χ2v) is 5.87. The van der Waals surface area contributed by atoms with Gasteiger partial charge in [-0.2, -0.15) is 0 Å². The van der Waals surface area contributed by atoms with E-state index in [0.29, 0.717) is 36.3 Å². The van der Waals surface area contributed by atoms with E-state index in [1.54, 1.807) is 27.3 Å². The fourth-order valence-electron chi connectivity index (χ4n) is 2.48. The highest BCUT2D eigenvalue weighted by atomic mass is 127. The van der Waals surface area contributed by atoms with Crippen LogP contribution in [-0.4, -0.2) is 39.7 Å². The molecule has 0 radical (unpaired) electrons. The fourth-order valence-corrected chi connectivity index (χ4v) is 2.48. The van der Waals surface area contributed by atoms with Gasteiger partial charge in [-0.1, -0.05) is 18.2 Å². The van der Waals surface area contributed by atoms with E-state index in [1.807, 2.05) is 36.4 Å². The summed E-state index contributed by atoms with van der Waals surface area (Å²) in [5.41, 5.74) is 7.11. The van der Waals surface area contributed by atoms with Crippen molar-refractivity contribution in [1.29, 1.82) is 0 Å². The topological polar surface area (TPSA) is 107 Å². The number of ether oxygens (including phenoxy) is 3. The molecule has 0 spiro atoms. The van der Waals surface area contributed by atoms with E-state index in [0.717, 1.165) is 11.1 Å². The Bertz CT molecular complexity index is 830. The van der Waals surface area contributed by atoms with Crippen molar-refractivity contribution in [2.24, 2.45) is 10.7 Å². The quantitative estimate of drug-likeness (QED) is 0.269. The van der Waals surface area contributed by atoms with Gasteiger partial charge in [0.05, 0.1) is 14.2 Å². The van der Waals surface area contributed by atoms with E-state index in [1.165, 1.54) is 0 Å². The van der Waals surface area contributed by atoms with Crippen LogP contribution in [0, 0.1) is 0 Å². The highest BCUT2D eigenvalue weighted by molar-refractivity contribution is 14.0. The van der Waals surface area contributed by atoms with Gasteiger partial charge in [0.2, 0.25) is 0 Å². The molecule has 2 rings (SSSR count). The number of guanidine groups is 1. The molecule has 0 unspecified atom stereocenters. The van der Waals surface area contributed by atoms with E-state index in [4.69, 9.17) is 19.9 Å². The first-order valence-corrected chi connectivity index (χ1v) is 8.71. The third-order valence-electron chi connectivity index (χ3n) is 3.87. The predicted octanol–water partition coefficient (Wildman–Crippen LogP) is 2.05. The highest BCUT2D eigenvalue weighted by Gasteiger charge is 2.06. The number of halogens is 1. The van der Waals surface area contributed by atoms with Gasteiger partial charge in [0.15, 0.2) is 24.1 Å². The Morgan fingerprint density at radius 3 is 2.24 bits per heavy atom. The summed E-state index contributed by atoms with van der Waals surface area (Å²) >= 11 is 0. The molecule has 0 aliphatic heterocycles. The van der Waals surface area contributed by atoms with E-state index in [9.17, 15) is 4.79 Å². The van der Waals surface area contributed by atoms with Crippen molar-refractivity contribution >= 4 is 35.8 Å². The van der Waals surface area contributed by atoms with Crippen LogP contribution in [0.5, 0.6) is 17.2 Å². The molecule has 0 saturated heterocycles. The van der Waals surface area contributed by atoms with Gasteiger partial charge in [-0.15, -0.1) is 24.0 Å². The molecule has 8 nitrogen and oxygen atoms in total. The standard InChI is InChI=1S/C20H26N4O4.HI/c1-22-20(24-12-15-7-8-17(26-2)18(10-15)27-3)23-11-14-5-4-6-16(9-14)28-13-19(21)25;/h4-10H,11-13H2,1-3H3,(H2,21,25)(H2,22,23,24);1H. The molecule has 4 N–H and O–H groups in total. The molecular weight excluding hydrogens is 487 g/mol. The van der Waals surface area contributed by atoms with Crippen molar-refractivity contribution < 1.29 is 19.0 Å². The Morgan fingerprint density at radius 2 is 1.66 bits per heavy atom. The maximum absolute atomic E-state index is 10.8. The zero-order chi connectivity index (χ0) is 20.4. The molecule has 0 bridgehead atoms. The zero-order valence-electron chi connectivity index (χ0n) is 16.7. The molecule has 158 valence electrons. The van der Waals surface area contributed by atoms with Gasteiger partial charge in [-0.25, -0.2) is 0 Å². The molecule has 0 heterocycles.